The van der Waals surface area contributed by atoms with E-state index < -0.39 is 0 Å². The Labute approximate surface area is 190 Å². The standard InChI is InChI=1S/C26H21N5O2/c1-2-24(32)31-23-11-19(14-30-26(23)33-20-7-4-8-20)18-10-21-22(15-29-25(21)28-13-18)17-6-3-5-16(9-17)12-27/h2-3,5-6,9-11,13-15,20H,1,4,7-8H2,(H,28,29)(H,31,32). The number of carbonyl (C=O) groups excluding carboxylic acids is 1. The van der Waals surface area contributed by atoms with Gasteiger partial charge in [-0.05, 0) is 55.2 Å². The van der Waals surface area contributed by atoms with Crippen LogP contribution in [0, 0.1) is 11.3 Å². The highest BCUT2D eigenvalue weighted by atomic mass is 16.5. The second-order valence-corrected chi connectivity index (χ2v) is 7.96. The number of benzene rings is 1. The van der Waals surface area contributed by atoms with Crippen molar-refractivity contribution >= 4 is 22.6 Å². The predicted octanol–water partition coefficient (Wildman–Crippen LogP) is 5.22. The maximum atomic E-state index is 12.0. The van der Waals surface area contributed by atoms with Crippen molar-refractivity contribution < 1.29 is 9.53 Å². The van der Waals surface area contributed by atoms with Crippen LogP contribution >= 0.6 is 0 Å². The van der Waals surface area contributed by atoms with Gasteiger partial charge in [-0.1, -0.05) is 18.7 Å². The van der Waals surface area contributed by atoms with Crippen LogP contribution < -0.4 is 10.1 Å². The molecule has 4 aromatic rings. The molecule has 0 atom stereocenters. The molecule has 3 aromatic heterocycles. The minimum absolute atomic E-state index is 0.132. The van der Waals surface area contributed by atoms with E-state index in [9.17, 15) is 10.1 Å². The lowest BCUT2D eigenvalue weighted by Crippen LogP contribution is -2.25. The normalized spacial score (nSPS) is 13.2. The number of hydrogen-bond donors (Lipinski definition) is 2. The molecule has 33 heavy (non-hydrogen) atoms. The fraction of sp³-hybridized carbons (Fsp3) is 0.154. The van der Waals surface area contributed by atoms with Crippen LogP contribution in [0.25, 0.3) is 33.3 Å². The molecule has 0 aliphatic heterocycles. The number of pyridine rings is 2. The van der Waals surface area contributed by atoms with Crippen LogP contribution in [0.2, 0.25) is 0 Å². The summed E-state index contributed by atoms with van der Waals surface area (Å²) in [7, 11) is 0. The van der Waals surface area contributed by atoms with Crippen LogP contribution in [0.3, 0.4) is 0 Å². The van der Waals surface area contributed by atoms with Crippen molar-refractivity contribution in [3.05, 3.63) is 73.2 Å². The molecule has 5 rings (SSSR count). The van der Waals surface area contributed by atoms with E-state index in [0.717, 1.165) is 52.5 Å². The van der Waals surface area contributed by atoms with Crippen LogP contribution in [-0.2, 0) is 4.79 Å². The van der Waals surface area contributed by atoms with E-state index in [2.05, 4.69) is 32.9 Å². The fourth-order valence-electron chi connectivity index (χ4n) is 3.78. The summed E-state index contributed by atoms with van der Waals surface area (Å²) in [6.45, 7) is 3.53. The third kappa shape index (κ3) is 4.06. The number of fused-ring (bicyclic) bond motifs is 1. The van der Waals surface area contributed by atoms with Crippen LogP contribution in [-0.4, -0.2) is 27.0 Å². The third-order valence-electron chi connectivity index (χ3n) is 5.79. The maximum Gasteiger partial charge on any atom is 0.247 e. The Morgan fingerprint density at radius 3 is 2.76 bits per heavy atom. The Morgan fingerprint density at radius 2 is 2.00 bits per heavy atom. The van der Waals surface area contributed by atoms with E-state index >= 15 is 0 Å². The first kappa shape index (κ1) is 20.5. The van der Waals surface area contributed by atoms with E-state index in [1.54, 1.807) is 18.5 Å². The van der Waals surface area contributed by atoms with Crippen molar-refractivity contribution in [1.82, 2.24) is 15.0 Å². The first-order valence-corrected chi connectivity index (χ1v) is 10.7. The van der Waals surface area contributed by atoms with Crippen LogP contribution in [0.15, 0.2) is 67.6 Å². The number of carbonyl (C=O) groups is 1. The van der Waals surface area contributed by atoms with Crippen molar-refractivity contribution in [2.75, 3.05) is 5.32 Å². The number of rotatable bonds is 6. The number of hydrogen-bond acceptors (Lipinski definition) is 5. The summed E-state index contributed by atoms with van der Waals surface area (Å²) in [5.41, 5.74) is 5.36. The zero-order chi connectivity index (χ0) is 22.8. The highest BCUT2D eigenvalue weighted by Gasteiger charge is 2.22. The van der Waals surface area contributed by atoms with Gasteiger partial charge in [0, 0.05) is 40.7 Å². The van der Waals surface area contributed by atoms with Gasteiger partial charge in [-0.25, -0.2) is 9.97 Å². The molecule has 7 heteroatoms. The molecular formula is C26H21N5O2. The number of nitrogens with one attached hydrogen (secondary N) is 2. The summed E-state index contributed by atoms with van der Waals surface area (Å²) in [5.74, 6) is 0.0784. The second-order valence-electron chi connectivity index (χ2n) is 7.96. The molecule has 1 fully saturated rings. The number of nitriles is 1. The minimum atomic E-state index is -0.328. The summed E-state index contributed by atoms with van der Waals surface area (Å²) in [6, 6.07) is 13.5. The second kappa shape index (κ2) is 8.60. The number of aromatic nitrogens is 3. The topological polar surface area (TPSA) is 104 Å². The molecule has 1 saturated carbocycles. The van der Waals surface area contributed by atoms with Gasteiger partial charge in [-0.3, -0.25) is 4.79 Å². The van der Waals surface area contributed by atoms with E-state index in [4.69, 9.17) is 4.74 Å². The van der Waals surface area contributed by atoms with Crippen LogP contribution in [0.4, 0.5) is 5.69 Å². The molecule has 7 nitrogen and oxygen atoms in total. The monoisotopic (exact) mass is 435 g/mol. The average molecular weight is 435 g/mol. The molecule has 1 aromatic carbocycles. The summed E-state index contributed by atoms with van der Waals surface area (Å²) in [6.07, 6.45) is 9.84. The number of ether oxygens (including phenoxy) is 1. The molecule has 0 bridgehead atoms. The van der Waals surface area contributed by atoms with Crippen molar-refractivity contribution in [3.8, 4) is 34.2 Å². The lowest BCUT2D eigenvalue weighted by Gasteiger charge is -2.26. The zero-order valence-electron chi connectivity index (χ0n) is 17.8. The van der Waals surface area contributed by atoms with Gasteiger partial charge in [0.25, 0.3) is 0 Å². The Kier molecular flexibility index (Phi) is 5.33. The Hall–Kier alpha value is -4.44. The highest BCUT2D eigenvalue weighted by molar-refractivity contribution is 6.00. The predicted molar refractivity (Wildman–Crippen MR) is 127 cm³/mol. The number of amides is 1. The summed E-state index contributed by atoms with van der Waals surface area (Å²) < 4.78 is 5.97. The molecule has 2 N–H and O–H groups in total. The molecule has 0 spiro atoms. The van der Waals surface area contributed by atoms with Gasteiger partial charge in [0.05, 0.1) is 11.6 Å². The molecular weight excluding hydrogens is 414 g/mol. The molecule has 0 saturated heterocycles. The fourth-order valence-corrected chi connectivity index (χ4v) is 3.78. The molecule has 0 radical (unpaired) electrons. The lowest BCUT2D eigenvalue weighted by atomic mass is 9.96. The molecule has 3 heterocycles. The SMILES string of the molecule is C=CC(=O)Nc1cc(-c2cnc3[nH]cc(-c4cccc(C#N)c4)c3c2)cnc1OC1CCC1. The molecule has 1 aliphatic carbocycles. The van der Waals surface area contributed by atoms with Gasteiger partial charge >= 0.3 is 0 Å². The van der Waals surface area contributed by atoms with Gasteiger partial charge in [-0.2, -0.15) is 5.26 Å². The van der Waals surface area contributed by atoms with Crippen LogP contribution in [0.5, 0.6) is 5.88 Å². The third-order valence-corrected chi connectivity index (χ3v) is 5.79. The van der Waals surface area contributed by atoms with Crippen LogP contribution in [0.1, 0.15) is 24.8 Å². The van der Waals surface area contributed by atoms with E-state index in [0.29, 0.717) is 17.1 Å². The first-order chi connectivity index (χ1) is 16.1. The summed E-state index contributed by atoms with van der Waals surface area (Å²) in [4.78, 5) is 24.2. The Morgan fingerprint density at radius 1 is 1.18 bits per heavy atom. The van der Waals surface area contributed by atoms with Crippen molar-refractivity contribution in [3.63, 3.8) is 0 Å². The van der Waals surface area contributed by atoms with Gasteiger partial charge in [0.15, 0.2) is 0 Å². The van der Waals surface area contributed by atoms with E-state index in [1.165, 1.54) is 6.08 Å². The Balaban J connectivity index is 1.55. The molecule has 162 valence electrons. The largest absolute Gasteiger partial charge is 0.473 e. The number of nitrogens with zero attached hydrogens (tertiary/aromatic N) is 3. The highest BCUT2D eigenvalue weighted by Crippen LogP contribution is 2.35. The van der Waals surface area contributed by atoms with Crippen molar-refractivity contribution in [2.24, 2.45) is 0 Å². The van der Waals surface area contributed by atoms with Gasteiger partial charge in [0.2, 0.25) is 11.8 Å². The summed E-state index contributed by atoms with van der Waals surface area (Å²) >= 11 is 0. The van der Waals surface area contributed by atoms with Crippen molar-refractivity contribution in [2.45, 2.75) is 25.4 Å². The zero-order valence-corrected chi connectivity index (χ0v) is 17.8. The molecule has 1 aliphatic rings. The average Bonchev–Trinajstić information content (AvgIpc) is 3.25. The summed E-state index contributed by atoms with van der Waals surface area (Å²) in [5, 5.41) is 13.0. The van der Waals surface area contributed by atoms with Crippen molar-refractivity contribution in [1.29, 1.82) is 5.26 Å². The van der Waals surface area contributed by atoms with E-state index in [1.807, 2.05) is 36.5 Å². The minimum Gasteiger partial charge on any atom is -0.473 e. The Bertz CT molecular complexity index is 1410. The van der Waals surface area contributed by atoms with Gasteiger partial charge < -0.3 is 15.0 Å². The smallest absolute Gasteiger partial charge is 0.247 e. The van der Waals surface area contributed by atoms with E-state index in [-0.39, 0.29) is 12.0 Å². The molecule has 0 unspecified atom stereocenters. The van der Waals surface area contributed by atoms with Gasteiger partial charge in [-0.15, -0.1) is 0 Å². The number of H-pyrrole nitrogens is 1. The van der Waals surface area contributed by atoms with Gasteiger partial charge in [0.1, 0.15) is 17.4 Å². The first-order valence-electron chi connectivity index (χ1n) is 10.7. The quantitative estimate of drug-likeness (QED) is 0.404. The maximum absolute atomic E-state index is 12.0. The number of anilines is 1. The lowest BCUT2D eigenvalue weighted by molar-refractivity contribution is -0.111. The molecule has 1 amide bonds. The number of aromatic amines is 1.